The summed E-state index contributed by atoms with van der Waals surface area (Å²) in [4.78, 5) is 38.9. The first-order valence-electron chi connectivity index (χ1n) is 7.68. The third-order valence-corrected chi connectivity index (χ3v) is 4.01. The number of amides is 1. The van der Waals surface area contributed by atoms with Crippen LogP contribution in [-0.4, -0.2) is 28.7 Å². The smallest absolute Gasteiger partial charge is 0.355 e. The van der Waals surface area contributed by atoms with Crippen LogP contribution in [0.3, 0.4) is 0 Å². The summed E-state index contributed by atoms with van der Waals surface area (Å²) >= 11 is 5.79. The Balaban J connectivity index is 2.07. The Labute approximate surface area is 150 Å². The highest BCUT2D eigenvalue weighted by atomic mass is 35.5. The number of Topliss-reactive ketones (excluding diaryl/α,β-unsaturated/α-hetero) is 1. The number of ketones is 1. The number of anilines is 1. The Morgan fingerprint density at radius 3 is 2.28 bits per heavy atom. The molecule has 25 heavy (non-hydrogen) atoms. The summed E-state index contributed by atoms with van der Waals surface area (Å²) in [5, 5.41) is 3.19. The lowest BCUT2D eigenvalue weighted by molar-refractivity contribution is -0.123. The van der Waals surface area contributed by atoms with Crippen molar-refractivity contribution in [1.29, 1.82) is 0 Å². The van der Waals surface area contributed by atoms with Gasteiger partial charge >= 0.3 is 5.97 Å². The predicted octanol–water partition coefficient (Wildman–Crippen LogP) is 3.67. The highest BCUT2D eigenvalue weighted by Crippen LogP contribution is 2.20. The van der Waals surface area contributed by atoms with Crippen LogP contribution in [0.1, 0.15) is 46.0 Å². The second-order valence-corrected chi connectivity index (χ2v) is 6.16. The molecule has 1 atom stereocenters. The Bertz CT molecular complexity index is 824. The number of benzene rings is 1. The number of aromatic nitrogens is 1. The maximum Gasteiger partial charge on any atom is 0.355 e. The molecule has 0 aliphatic heterocycles. The molecular formula is C18H19ClN2O4. The fourth-order valence-corrected chi connectivity index (χ4v) is 2.66. The minimum Gasteiger partial charge on any atom is -0.448 e. The number of aromatic amines is 1. The van der Waals surface area contributed by atoms with Gasteiger partial charge in [0, 0.05) is 22.0 Å². The van der Waals surface area contributed by atoms with E-state index in [1.54, 1.807) is 38.1 Å². The summed E-state index contributed by atoms with van der Waals surface area (Å²) in [6.45, 7) is 6.27. The van der Waals surface area contributed by atoms with Gasteiger partial charge in [-0.3, -0.25) is 9.59 Å². The molecule has 1 amide bonds. The van der Waals surface area contributed by atoms with E-state index in [9.17, 15) is 14.4 Å². The zero-order valence-electron chi connectivity index (χ0n) is 14.4. The number of aryl methyl sites for hydroxylation is 1. The van der Waals surface area contributed by atoms with Crippen LogP contribution < -0.4 is 5.32 Å². The lowest BCUT2D eigenvalue weighted by Gasteiger charge is -2.13. The van der Waals surface area contributed by atoms with Crippen molar-refractivity contribution in [2.45, 2.75) is 33.8 Å². The van der Waals surface area contributed by atoms with E-state index in [-0.39, 0.29) is 11.5 Å². The second kappa shape index (κ2) is 7.53. The molecule has 0 spiro atoms. The molecule has 7 heteroatoms. The van der Waals surface area contributed by atoms with E-state index in [1.165, 1.54) is 13.8 Å². The molecule has 6 nitrogen and oxygen atoms in total. The molecule has 0 radical (unpaired) electrons. The molecule has 132 valence electrons. The average Bonchev–Trinajstić information content (AvgIpc) is 2.84. The monoisotopic (exact) mass is 362 g/mol. The van der Waals surface area contributed by atoms with E-state index in [0.717, 1.165) is 0 Å². The maximum atomic E-state index is 12.3. The van der Waals surface area contributed by atoms with Crippen molar-refractivity contribution >= 4 is 34.9 Å². The van der Waals surface area contributed by atoms with Crippen molar-refractivity contribution in [3.63, 3.8) is 0 Å². The first-order valence-corrected chi connectivity index (χ1v) is 8.06. The number of hydrogen-bond acceptors (Lipinski definition) is 4. The number of H-pyrrole nitrogens is 1. The minimum absolute atomic E-state index is 0.140. The number of nitrogens with one attached hydrogen (secondary N) is 2. The van der Waals surface area contributed by atoms with Crippen molar-refractivity contribution in [2.75, 3.05) is 5.32 Å². The van der Waals surface area contributed by atoms with Crippen molar-refractivity contribution in [2.24, 2.45) is 0 Å². The molecule has 0 saturated heterocycles. The van der Waals surface area contributed by atoms with E-state index >= 15 is 0 Å². The lowest BCUT2D eigenvalue weighted by atomic mass is 10.1. The number of ether oxygens (including phenoxy) is 1. The van der Waals surface area contributed by atoms with Crippen LogP contribution >= 0.6 is 11.6 Å². The van der Waals surface area contributed by atoms with Crippen molar-refractivity contribution in [3.05, 3.63) is 51.8 Å². The molecule has 0 saturated carbocycles. The fourth-order valence-electron chi connectivity index (χ4n) is 2.53. The normalized spacial score (nSPS) is 11.7. The number of hydrogen-bond donors (Lipinski definition) is 2. The van der Waals surface area contributed by atoms with Crippen molar-refractivity contribution in [1.82, 2.24) is 4.98 Å². The molecule has 1 heterocycles. The fraction of sp³-hybridized carbons (Fsp3) is 0.278. The molecule has 2 aromatic rings. The first kappa shape index (κ1) is 18.7. The molecule has 1 aromatic carbocycles. The number of carbonyl (C=O) groups excluding carboxylic acids is 3. The SMILES string of the molecule is CC(=O)c1c(C)[nH]c(C(=O)O[C@H](C)C(=O)Nc2ccc(Cl)cc2)c1C. The quantitative estimate of drug-likeness (QED) is 0.627. The van der Waals surface area contributed by atoms with E-state index in [1.807, 2.05) is 0 Å². The average molecular weight is 363 g/mol. The van der Waals surface area contributed by atoms with Crippen LogP contribution in [0.25, 0.3) is 0 Å². The first-order chi connectivity index (χ1) is 11.7. The molecule has 0 bridgehead atoms. The van der Waals surface area contributed by atoms with Crippen LogP contribution in [0.5, 0.6) is 0 Å². The summed E-state index contributed by atoms with van der Waals surface area (Å²) in [5.41, 5.74) is 2.29. The molecule has 0 fully saturated rings. The van der Waals surface area contributed by atoms with Gasteiger partial charge < -0.3 is 15.0 Å². The van der Waals surface area contributed by atoms with Gasteiger partial charge in [0.1, 0.15) is 5.69 Å². The van der Waals surface area contributed by atoms with E-state index in [4.69, 9.17) is 16.3 Å². The molecule has 0 aliphatic rings. The molecule has 0 unspecified atom stereocenters. The Morgan fingerprint density at radius 2 is 1.76 bits per heavy atom. The number of carbonyl (C=O) groups is 3. The summed E-state index contributed by atoms with van der Waals surface area (Å²) in [5.74, 6) is -1.30. The van der Waals surface area contributed by atoms with Gasteiger partial charge in [-0.2, -0.15) is 0 Å². The van der Waals surface area contributed by atoms with Crippen LogP contribution in [0.4, 0.5) is 5.69 Å². The van der Waals surface area contributed by atoms with E-state index < -0.39 is 18.0 Å². The van der Waals surface area contributed by atoms with Gasteiger partial charge in [0.2, 0.25) is 0 Å². The van der Waals surface area contributed by atoms with Crippen LogP contribution in [0.15, 0.2) is 24.3 Å². The van der Waals surface area contributed by atoms with Gasteiger partial charge in [-0.25, -0.2) is 4.79 Å². The van der Waals surface area contributed by atoms with Gasteiger partial charge in [0.15, 0.2) is 11.9 Å². The van der Waals surface area contributed by atoms with Gasteiger partial charge in [0.25, 0.3) is 5.91 Å². The maximum absolute atomic E-state index is 12.3. The van der Waals surface area contributed by atoms with Gasteiger partial charge in [0.05, 0.1) is 0 Å². The molecule has 0 aliphatic carbocycles. The number of rotatable bonds is 5. The zero-order chi connectivity index (χ0) is 18.7. The standard InChI is InChI=1S/C18H19ClN2O4/c1-9-15(11(3)22)10(2)20-16(9)18(24)25-12(4)17(23)21-14-7-5-13(19)6-8-14/h5-8,12,20H,1-4H3,(H,21,23)/t12-/m1/s1. The predicted molar refractivity (Wildman–Crippen MR) is 95.2 cm³/mol. The van der Waals surface area contributed by atoms with E-state index in [0.29, 0.717) is 27.5 Å². The Kier molecular flexibility index (Phi) is 5.64. The molecule has 1 aromatic heterocycles. The second-order valence-electron chi connectivity index (χ2n) is 5.72. The highest BCUT2D eigenvalue weighted by molar-refractivity contribution is 6.30. The zero-order valence-corrected chi connectivity index (χ0v) is 15.2. The lowest BCUT2D eigenvalue weighted by Crippen LogP contribution is -2.30. The Morgan fingerprint density at radius 1 is 1.16 bits per heavy atom. The molecular weight excluding hydrogens is 344 g/mol. The van der Waals surface area contributed by atoms with Crippen LogP contribution in [0.2, 0.25) is 5.02 Å². The Hall–Kier alpha value is -2.60. The number of halogens is 1. The van der Waals surface area contributed by atoms with Crippen molar-refractivity contribution in [3.8, 4) is 0 Å². The summed E-state index contributed by atoms with van der Waals surface area (Å²) in [6, 6.07) is 6.57. The van der Waals surface area contributed by atoms with Gasteiger partial charge in [-0.1, -0.05) is 11.6 Å². The highest BCUT2D eigenvalue weighted by Gasteiger charge is 2.24. The molecule has 2 rings (SSSR count). The third kappa shape index (κ3) is 4.28. The largest absolute Gasteiger partial charge is 0.448 e. The minimum atomic E-state index is -1.01. The summed E-state index contributed by atoms with van der Waals surface area (Å²) in [7, 11) is 0. The van der Waals surface area contributed by atoms with Crippen LogP contribution in [0, 0.1) is 13.8 Å². The third-order valence-electron chi connectivity index (χ3n) is 3.76. The molecule has 2 N–H and O–H groups in total. The topological polar surface area (TPSA) is 88.3 Å². The number of esters is 1. The van der Waals surface area contributed by atoms with Crippen molar-refractivity contribution < 1.29 is 19.1 Å². The summed E-state index contributed by atoms with van der Waals surface area (Å²) < 4.78 is 5.20. The van der Waals surface area contributed by atoms with E-state index in [2.05, 4.69) is 10.3 Å². The van der Waals surface area contributed by atoms with Crippen LogP contribution in [-0.2, 0) is 9.53 Å². The van der Waals surface area contributed by atoms with Gasteiger partial charge in [-0.05, 0) is 57.5 Å². The van der Waals surface area contributed by atoms with Gasteiger partial charge in [-0.15, -0.1) is 0 Å². The summed E-state index contributed by atoms with van der Waals surface area (Å²) in [6.07, 6.45) is -1.01.